The zero-order chi connectivity index (χ0) is 11.8. The Balaban J connectivity index is 1.60. The second kappa shape index (κ2) is 4.22. The van der Waals surface area contributed by atoms with Crippen molar-refractivity contribution in [1.82, 2.24) is 15.0 Å². The van der Waals surface area contributed by atoms with Gasteiger partial charge in [-0.1, -0.05) is 12.1 Å². The van der Waals surface area contributed by atoms with Gasteiger partial charge >= 0.3 is 0 Å². The summed E-state index contributed by atoms with van der Waals surface area (Å²) in [6.45, 7) is 4.28. The number of Topliss-reactive ketones (excluding diaryl/α,β-unsaturated/α-hetero) is 1. The molecule has 0 spiro atoms. The summed E-state index contributed by atoms with van der Waals surface area (Å²) in [6.07, 6.45) is 3.02. The molecule has 1 unspecified atom stereocenters. The normalized spacial score (nSPS) is 26.4. The van der Waals surface area contributed by atoms with Crippen LogP contribution in [0, 0.1) is 5.92 Å². The van der Waals surface area contributed by atoms with Gasteiger partial charge in [0.15, 0.2) is 5.82 Å². The van der Waals surface area contributed by atoms with Crippen molar-refractivity contribution in [3.63, 3.8) is 0 Å². The van der Waals surface area contributed by atoms with Gasteiger partial charge in [0.2, 0.25) is 5.89 Å². The number of likely N-dealkylation sites (tertiary alicyclic amines) is 1. The Labute approximate surface area is 100 Å². The molecule has 1 aliphatic heterocycles. The summed E-state index contributed by atoms with van der Waals surface area (Å²) < 4.78 is 5.24. The van der Waals surface area contributed by atoms with Gasteiger partial charge in [-0.3, -0.25) is 9.69 Å². The van der Waals surface area contributed by atoms with Crippen LogP contribution >= 0.6 is 0 Å². The van der Waals surface area contributed by atoms with Gasteiger partial charge in [-0.15, -0.1) is 0 Å². The summed E-state index contributed by atoms with van der Waals surface area (Å²) in [5.74, 6) is 2.59. The highest BCUT2D eigenvalue weighted by molar-refractivity contribution is 5.81. The maximum atomic E-state index is 11.4. The molecule has 1 atom stereocenters. The Bertz CT molecular complexity index is 425. The Morgan fingerprint density at radius 2 is 2.29 bits per heavy atom. The Hall–Kier alpha value is -1.23. The SMILES string of the molecule is CC1CN(Cc2nc(C3CC3)no2)CCC1=O. The molecule has 17 heavy (non-hydrogen) atoms. The van der Waals surface area contributed by atoms with Gasteiger partial charge in [-0.05, 0) is 12.8 Å². The first-order valence-electron chi connectivity index (χ1n) is 6.30. The molecule has 3 rings (SSSR count). The van der Waals surface area contributed by atoms with Crippen molar-refractivity contribution in [2.75, 3.05) is 13.1 Å². The molecule has 0 N–H and O–H groups in total. The standard InChI is InChI=1S/C12H17N3O2/c1-8-6-15(5-4-10(8)16)7-11-13-12(14-17-11)9-2-3-9/h8-9H,2-7H2,1H3. The summed E-state index contributed by atoms with van der Waals surface area (Å²) in [7, 11) is 0. The van der Waals surface area contributed by atoms with Crippen molar-refractivity contribution in [3.8, 4) is 0 Å². The van der Waals surface area contributed by atoms with Crippen LogP contribution in [0.5, 0.6) is 0 Å². The molecule has 1 saturated carbocycles. The molecule has 92 valence electrons. The molecule has 0 amide bonds. The van der Waals surface area contributed by atoms with E-state index >= 15 is 0 Å². The minimum atomic E-state index is 0.134. The number of nitrogens with zero attached hydrogens (tertiary/aromatic N) is 3. The average molecular weight is 235 g/mol. The summed E-state index contributed by atoms with van der Waals surface area (Å²) in [4.78, 5) is 18.0. The number of piperidine rings is 1. The first-order valence-corrected chi connectivity index (χ1v) is 6.30. The Kier molecular flexibility index (Phi) is 2.70. The fourth-order valence-electron chi connectivity index (χ4n) is 2.27. The molecule has 5 nitrogen and oxygen atoms in total. The fourth-order valence-corrected chi connectivity index (χ4v) is 2.27. The van der Waals surface area contributed by atoms with Crippen molar-refractivity contribution in [2.24, 2.45) is 5.92 Å². The molecule has 0 bridgehead atoms. The third-order valence-corrected chi connectivity index (χ3v) is 3.54. The molecule has 1 aliphatic carbocycles. The van der Waals surface area contributed by atoms with Crippen LogP contribution in [0.15, 0.2) is 4.52 Å². The highest BCUT2D eigenvalue weighted by Gasteiger charge is 2.29. The van der Waals surface area contributed by atoms with E-state index in [1.165, 1.54) is 12.8 Å². The molecule has 0 aromatic carbocycles. The smallest absolute Gasteiger partial charge is 0.240 e. The Morgan fingerprint density at radius 1 is 1.47 bits per heavy atom. The first-order chi connectivity index (χ1) is 8.22. The zero-order valence-electron chi connectivity index (χ0n) is 10.1. The predicted octanol–water partition coefficient (Wildman–Crippen LogP) is 1.36. The number of carbonyl (C=O) groups excluding carboxylic acids is 1. The topological polar surface area (TPSA) is 59.2 Å². The van der Waals surface area contributed by atoms with Crippen LogP contribution < -0.4 is 0 Å². The molecule has 2 aliphatic rings. The van der Waals surface area contributed by atoms with Crippen molar-refractivity contribution < 1.29 is 9.32 Å². The maximum absolute atomic E-state index is 11.4. The fraction of sp³-hybridized carbons (Fsp3) is 0.750. The molecule has 1 saturated heterocycles. The van der Waals surface area contributed by atoms with Crippen LogP contribution in [0.3, 0.4) is 0 Å². The lowest BCUT2D eigenvalue weighted by molar-refractivity contribution is -0.125. The molecular formula is C12H17N3O2. The van der Waals surface area contributed by atoms with Crippen molar-refractivity contribution in [2.45, 2.75) is 38.6 Å². The average Bonchev–Trinajstić information content (AvgIpc) is 3.06. The molecule has 2 heterocycles. The molecule has 2 fully saturated rings. The lowest BCUT2D eigenvalue weighted by Crippen LogP contribution is -2.39. The maximum Gasteiger partial charge on any atom is 0.240 e. The van der Waals surface area contributed by atoms with Crippen LogP contribution in [-0.4, -0.2) is 33.9 Å². The Morgan fingerprint density at radius 3 is 3.00 bits per heavy atom. The molecule has 1 aromatic rings. The van der Waals surface area contributed by atoms with Crippen LogP contribution in [0.1, 0.15) is 43.8 Å². The van der Waals surface area contributed by atoms with E-state index in [0.717, 1.165) is 18.9 Å². The summed E-state index contributed by atoms with van der Waals surface area (Å²) >= 11 is 0. The van der Waals surface area contributed by atoms with Crippen LogP contribution in [0.2, 0.25) is 0 Å². The number of ketones is 1. The number of hydrogen-bond donors (Lipinski definition) is 0. The lowest BCUT2D eigenvalue weighted by atomic mass is 9.99. The van der Waals surface area contributed by atoms with E-state index < -0.39 is 0 Å². The number of aromatic nitrogens is 2. The van der Waals surface area contributed by atoms with Crippen molar-refractivity contribution >= 4 is 5.78 Å². The van der Waals surface area contributed by atoms with Gasteiger partial charge in [0, 0.05) is 31.3 Å². The molecule has 1 aromatic heterocycles. The molecule has 5 heteroatoms. The largest absolute Gasteiger partial charge is 0.338 e. The minimum absolute atomic E-state index is 0.134. The summed E-state index contributed by atoms with van der Waals surface area (Å²) in [5, 5.41) is 4.00. The van der Waals surface area contributed by atoms with Gasteiger partial charge in [0.25, 0.3) is 0 Å². The van der Waals surface area contributed by atoms with Crippen LogP contribution in [0.25, 0.3) is 0 Å². The predicted molar refractivity (Wildman–Crippen MR) is 60.3 cm³/mol. The molecular weight excluding hydrogens is 218 g/mol. The highest BCUT2D eigenvalue weighted by Crippen LogP contribution is 2.38. The van der Waals surface area contributed by atoms with E-state index in [-0.39, 0.29) is 5.92 Å². The van der Waals surface area contributed by atoms with Gasteiger partial charge in [0.05, 0.1) is 6.54 Å². The van der Waals surface area contributed by atoms with Crippen molar-refractivity contribution in [3.05, 3.63) is 11.7 Å². The van der Waals surface area contributed by atoms with E-state index in [1.807, 2.05) is 6.92 Å². The van der Waals surface area contributed by atoms with Gasteiger partial charge < -0.3 is 4.52 Å². The number of hydrogen-bond acceptors (Lipinski definition) is 5. The van der Waals surface area contributed by atoms with E-state index in [1.54, 1.807) is 0 Å². The van der Waals surface area contributed by atoms with Crippen LogP contribution in [0.4, 0.5) is 0 Å². The molecule has 0 radical (unpaired) electrons. The lowest BCUT2D eigenvalue weighted by Gasteiger charge is -2.28. The second-order valence-electron chi connectivity index (χ2n) is 5.17. The number of carbonyl (C=O) groups is 1. The highest BCUT2D eigenvalue weighted by atomic mass is 16.5. The summed E-state index contributed by atoms with van der Waals surface area (Å²) in [6, 6.07) is 0. The van der Waals surface area contributed by atoms with E-state index in [0.29, 0.717) is 30.6 Å². The third-order valence-electron chi connectivity index (χ3n) is 3.54. The van der Waals surface area contributed by atoms with Gasteiger partial charge in [-0.25, -0.2) is 0 Å². The van der Waals surface area contributed by atoms with Gasteiger partial charge in [-0.2, -0.15) is 4.98 Å². The van der Waals surface area contributed by atoms with Crippen molar-refractivity contribution in [1.29, 1.82) is 0 Å². The van der Waals surface area contributed by atoms with E-state index in [2.05, 4.69) is 15.0 Å². The third kappa shape index (κ3) is 2.39. The first kappa shape index (κ1) is 10.9. The second-order valence-corrected chi connectivity index (χ2v) is 5.17. The quantitative estimate of drug-likeness (QED) is 0.791. The van der Waals surface area contributed by atoms with E-state index in [4.69, 9.17) is 4.52 Å². The number of rotatable bonds is 3. The monoisotopic (exact) mass is 235 g/mol. The summed E-state index contributed by atoms with van der Waals surface area (Å²) in [5.41, 5.74) is 0. The minimum Gasteiger partial charge on any atom is -0.338 e. The zero-order valence-corrected chi connectivity index (χ0v) is 10.1. The van der Waals surface area contributed by atoms with Crippen LogP contribution in [-0.2, 0) is 11.3 Å². The van der Waals surface area contributed by atoms with E-state index in [9.17, 15) is 4.79 Å². The van der Waals surface area contributed by atoms with Gasteiger partial charge in [0.1, 0.15) is 5.78 Å².